The molecule has 4 nitrogen and oxygen atoms in total. The molecule has 0 radical (unpaired) electrons. The Morgan fingerprint density at radius 3 is 2.42 bits per heavy atom. The summed E-state index contributed by atoms with van der Waals surface area (Å²) in [6.45, 7) is 3.68. The first-order valence-electron chi connectivity index (χ1n) is 7.70. The largest absolute Gasteiger partial charge is 0.487 e. The number of halogens is 4. The molecule has 0 spiro atoms. The summed E-state index contributed by atoms with van der Waals surface area (Å²) in [5.41, 5.74) is 5.46. The third-order valence-corrected chi connectivity index (χ3v) is 4.03. The van der Waals surface area contributed by atoms with Crippen molar-refractivity contribution in [2.75, 3.05) is 5.73 Å². The van der Waals surface area contributed by atoms with Gasteiger partial charge in [-0.25, -0.2) is 13.2 Å². The molecular weight excluding hydrogens is 369 g/mol. The van der Waals surface area contributed by atoms with Gasteiger partial charge in [-0.05, 0) is 32.0 Å². The molecule has 2 aromatic rings. The van der Waals surface area contributed by atoms with Crippen LogP contribution >= 0.6 is 12.4 Å². The number of benzene rings is 2. The Morgan fingerprint density at radius 2 is 1.81 bits per heavy atom. The van der Waals surface area contributed by atoms with E-state index < -0.39 is 40.6 Å². The fourth-order valence-corrected chi connectivity index (χ4v) is 2.99. The molecule has 0 saturated heterocycles. The Labute approximate surface area is 154 Å². The highest BCUT2D eigenvalue weighted by Gasteiger charge is 2.35. The van der Waals surface area contributed by atoms with E-state index in [0.717, 1.165) is 0 Å². The molecule has 26 heavy (non-hydrogen) atoms. The number of fused-ring (bicyclic) bond motifs is 1. The van der Waals surface area contributed by atoms with Crippen LogP contribution in [0.15, 0.2) is 30.3 Å². The summed E-state index contributed by atoms with van der Waals surface area (Å²) in [5.74, 6) is -4.03. The van der Waals surface area contributed by atoms with E-state index in [1.54, 1.807) is 18.2 Å². The molecule has 2 aromatic carbocycles. The number of rotatable bonds is 2. The molecule has 0 aromatic heterocycles. The zero-order valence-electron chi connectivity index (χ0n) is 14.1. The predicted molar refractivity (Wildman–Crippen MR) is 93.9 cm³/mol. The van der Waals surface area contributed by atoms with Crippen molar-refractivity contribution in [1.82, 2.24) is 5.32 Å². The van der Waals surface area contributed by atoms with Crippen LogP contribution in [-0.2, 0) is 0 Å². The molecule has 1 atom stereocenters. The smallest absolute Gasteiger partial charge is 0.257 e. The lowest BCUT2D eigenvalue weighted by molar-refractivity contribution is 0.0618. The van der Waals surface area contributed by atoms with Gasteiger partial charge in [0.2, 0.25) is 0 Å². The molecule has 1 unspecified atom stereocenters. The summed E-state index contributed by atoms with van der Waals surface area (Å²) in [4.78, 5) is 12.4. The minimum atomic E-state index is -1.26. The van der Waals surface area contributed by atoms with Crippen LogP contribution in [-0.4, -0.2) is 11.5 Å². The third kappa shape index (κ3) is 3.88. The molecule has 1 aliphatic heterocycles. The number of nitrogens with two attached hydrogens (primary N) is 1. The van der Waals surface area contributed by atoms with Gasteiger partial charge in [0.1, 0.15) is 34.4 Å². The third-order valence-electron chi connectivity index (χ3n) is 4.03. The van der Waals surface area contributed by atoms with Crippen molar-refractivity contribution in [2.24, 2.45) is 0 Å². The first-order valence-corrected chi connectivity index (χ1v) is 7.70. The van der Waals surface area contributed by atoms with Crippen molar-refractivity contribution in [3.8, 4) is 5.75 Å². The molecule has 3 rings (SSSR count). The summed E-state index contributed by atoms with van der Waals surface area (Å²) < 4.78 is 46.6. The Morgan fingerprint density at radius 1 is 1.19 bits per heavy atom. The molecule has 8 heteroatoms. The lowest BCUT2D eigenvalue weighted by Gasteiger charge is -2.38. The summed E-state index contributed by atoms with van der Waals surface area (Å²) in [5, 5.41) is 2.60. The monoisotopic (exact) mass is 386 g/mol. The highest BCUT2D eigenvalue weighted by atomic mass is 35.5. The Kier molecular flexibility index (Phi) is 5.41. The topological polar surface area (TPSA) is 64.4 Å². The van der Waals surface area contributed by atoms with Crippen LogP contribution in [0.25, 0.3) is 0 Å². The van der Waals surface area contributed by atoms with Crippen LogP contribution in [0.5, 0.6) is 5.75 Å². The molecule has 0 fully saturated rings. The normalized spacial score (nSPS) is 17.5. The Bertz CT molecular complexity index is 835. The Balaban J connectivity index is 0.00000243. The molecule has 0 aliphatic carbocycles. The maximum Gasteiger partial charge on any atom is 0.257 e. The maximum atomic E-state index is 13.8. The summed E-state index contributed by atoms with van der Waals surface area (Å²) >= 11 is 0. The van der Waals surface area contributed by atoms with Crippen LogP contribution in [0.1, 0.15) is 42.2 Å². The number of carbonyl (C=O) groups excluding carboxylic acids is 1. The average Bonchev–Trinajstić information content (AvgIpc) is 2.46. The maximum absolute atomic E-state index is 13.8. The number of hydrogen-bond donors (Lipinski definition) is 2. The average molecular weight is 387 g/mol. The van der Waals surface area contributed by atoms with Gasteiger partial charge in [0.25, 0.3) is 5.91 Å². The number of carbonyl (C=O) groups is 1. The van der Waals surface area contributed by atoms with Crippen molar-refractivity contribution in [3.63, 3.8) is 0 Å². The lowest BCUT2D eigenvalue weighted by Crippen LogP contribution is -2.41. The van der Waals surface area contributed by atoms with Gasteiger partial charge in [-0.3, -0.25) is 4.79 Å². The molecule has 140 valence electrons. The molecular formula is C18H18ClF3N2O2. The van der Waals surface area contributed by atoms with Gasteiger partial charge in [0, 0.05) is 29.8 Å². The minimum absolute atomic E-state index is 0. The van der Waals surface area contributed by atoms with E-state index in [-0.39, 0.29) is 12.4 Å². The van der Waals surface area contributed by atoms with Gasteiger partial charge in [-0.1, -0.05) is 0 Å². The van der Waals surface area contributed by atoms with E-state index in [0.29, 0.717) is 35.6 Å². The zero-order chi connectivity index (χ0) is 18.4. The zero-order valence-corrected chi connectivity index (χ0v) is 14.9. The molecule has 3 N–H and O–H groups in total. The van der Waals surface area contributed by atoms with Crippen LogP contribution in [0, 0.1) is 17.5 Å². The molecule has 1 aliphatic rings. The van der Waals surface area contributed by atoms with Gasteiger partial charge in [0.15, 0.2) is 0 Å². The Hall–Kier alpha value is -2.41. The first-order chi connectivity index (χ1) is 11.7. The summed E-state index contributed by atoms with van der Waals surface area (Å²) in [6, 6.07) is 5.38. The van der Waals surface area contributed by atoms with Gasteiger partial charge in [-0.15, -0.1) is 12.4 Å². The fourth-order valence-electron chi connectivity index (χ4n) is 2.99. The van der Waals surface area contributed by atoms with E-state index in [1.165, 1.54) is 0 Å². The lowest BCUT2D eigenvalue weighted by atomic mass is 9.89. The summed E-state index contributed by atoms with van der Waals surface area (Å²) in [7, 11) is 0. The van der Waals surface area contributed by atoms with E-state index in [4.69, 9.17) is 10.5 Å². The highest BCUT2D eigenvalue weighted by molar-refractivity contribution is 5.95. The summed E-state index contributed by atoms with van der Waals surface area (Å²) in [6.07, 6.45) is 0.375. The number of nitrogens with one attached hydrogen (secondary N) is 1. The quantitative estimate of drug-likeness (QED) is 0.762. The first kappa shape index (κ1) is 19.9. The standard InChI is InChI=1S/C18H17F3N2O2.ClH/c1-18(2)8-14(11-7-10(22)3-4-15(11)25-18)23-17(24)16-12(20)5-9(19)6-13(16)21;/h3-7,14H,8,22H2,1-2H3,(H,23,24);1H. The number of nitrogen functional groups attached to an aromatic ring is 1. The van der Waals surface area contributed by atoms with Gasteiger partial charge in [0.05, 0.1) is 6.04 Å². The van der Waals surface area contributed by atoms with E-state index in [9.17, 15) is 18.0 Å². The number of amides is 1. The van der Waals surface area contributed by atoms with Crippen LogP contribution in [0.4, 0.5) is 18.9 Å². The second-order valence-corrected chi connectivity index (χ2v) is 6.63. The van der Waals surface area contributed by atoms with Gasteiger partial charge < -0.3 is 15.8 Å². The molecule has 0 saturated carbocycles. The van der Waals surface area contributed by atoms with Crippen molar-refractivity contribution < 1.29 is 22.7 Å². The highest BCUT2D eigenvalue weighted by Crippen LogP contribution is 2.40. The van der Waals surface area contributed by atoms with Crippen LogP contribution in [0.2, 0.25) is 0 Å². The van der Waals surface area contributed by atoms with Crippen molar-refractivity contribution in [2.45, 2.75) is 31.9 Å². The molecule has 0 bridgehead atoms. The number of anilines is 1. The second-order valence-electron chi connectivity index (χ2n) is 6.63. The SMILES string of the molecule is CC1(C)CC(NC(=O)c2c(F)cc(F)cc2F)c2cc(N)ccc2O1.Cl. The number of hydrogen-bond acceptors (Lipinski definition) is 3. The minimum Gasteiger partial charge on any atom is -0.487 e. The fraction of sp³-hybridized carbons (Fsp3) is 0.278. The van der Waals surface area contributed by atoms with Gasteiger partial charge in [-0.2, -0.15) is 0 Å². The number of ether oxygens (including phenoxy) is 1. The van der Waals surface area contributed by atoms with Crippen LogP contribution in [0.3, 0.4) is 0 Å². The van der Waals surface area contributed by atoms with Crippen LogP contribution < -0.4 is 15.8 Å². The van der Waals surface area contributed by atoms with Crippen molar-refractivity contribution in [1.29, 1.82) is 0 Å². The second kappa shape index (κ2) is 7.07. The molecule has 1 amide bonds. The van der Waals surface area contributed by atoms with E-state index >= 15 is 0 Å². The molecule has 1 heterocycles. The van der Waals surface area contributed by atoms with E-state index in [2.05, 4.69) is 5.32 Å². The van der Waals surface area contributed by atoms with Gasteiger partial charge >= 0.3 is 0 Å². The van der Waals surface area contributed by atoms with Crippen molar-refractivity contribution >= 4 is 24.0 Å². The van der Waals surface area contributed by atoms with Crippen molar-refractivity contribution in [3.05, 3.63) is 58.9 Å². The predicted octanol–water partition coefficient (Wildman–Crippen LogP) is 4.14. The van der Waals surface area contributed by atoms with E-state index in [1.807, 2.05) is 13.8 Å².